The molecule has 0 bridgehead atoms. The maximum absolute atomic E-state index is 12.3. The van der Waals surface area contributed by atoms with Crippen molar-refractivity contribution >= 4 is 32.6 Å². The fourth-order valence-corrected chi connectivity index (χ4v) is 3.62. The molecular formula is C12H14BrNO2S. The van der Waals surface area contributed by atoms with Crippen molar-refractivity contribution < 1.29 is 9.00 Å². The standard InChI is InChI=1S/C12H14BrNO2S/c13-9-3-5-10(6-4-9)17(16)11-2-1-7-14-12(15)8-11/h3-6,11H,1-2,7-8H2,(H,14,15). The van der Waals surface area contributed by atoms with Gasteiger partial charge in [0.1, 0.15) is 0 Å². The fourth-order valence-electron chi connectivity index (χ4n) is 1.88. The summed E-state index contributed by atoms with van der Waals surface area (Å²) in [7, 11) is -1.09. The molecule has 1 aliphatic heterocycles. The first-order valence-electron chi connectivity index (χ1n) is 5.59. The van der Waals surface area contributed by atoms with Gasteiger partial charge in [0.15, 0.2) is 0 Å². The van der Waals surface area contributed by atoms with Crippen LogP contribution in [0.4, 0.5) is 0 Å². The zero-order chi connectivity index (χ0) is 12.3. The number of benzene rings is 1. The Balaban J connectivity index is 2.13. The summed E-state index contributed by atoms with van der Waals surface area (Å²) < 4.78 is 13.3. The maximum Gasteiger partial charge on any atom is 0.221 e. The van der Waals surface area contributed by atoms with E-state index in [1.54, 1.807) is 0 Å². The van der Waals surface area contributed by atoms with Gasteiger partial charge >= 0.3 is 0 Å². The Hall–Kier alpha value is -0.680. The topological polar surface area (TPSA) is 46.2 Å². The quantitative estimate of drug-likeness (QED) is 0.909. The molecule has 2 unspecified atom stereocenters. The van der Waals surface area contributed by atoms with Gasteiger partial charge in [0.25, 0.3) is 0 Å². The van der Waals surface area contributed by atoms with E-state index in [4.69, 9.17) is 0 Å². The van der Waals surface area contributed by atoms with Gasteiger partial charge in [-0.3, -0.25) is 9.00 Å². The monoisotopic (exact) mass is 315 g/mol. The normalized spacial score (nSPS) is 22.6. The highest BCUT2D eigenvalue weighted by Crippen LogP contribution is 2.21. The van der Waals surface area contributed by atoms with Gasteiger partial charge in [0, 0.05) is 27.6 Å². The summed E-state index contributed by atoms with van der Waals surface area (Å²) in [5, 5.41) is 2.75. The summed E-state index contributed by atoms with van der Waals surface area (Å²) in [6.45, 7) is 0.701. The van der Waals surface area contributed by atoms with Crippen molar-refractivity contribution in [1.82, 2.24) is 5.32 Å². The number of halogens is 1. The van der Waals surface area contributed by atoms with Gasteiger partial charge in [0.05, 0.1) is 10.8 Å². The lowest BCUT2D eigenvalue weighted by molar-refractivity contribution is -0.120. The van der Waals surface area contributed by atoms with Gasteiger partial charge < -0.3 is 5.32 Å². The fraction of sp³-hybridized carbons (Fsp3) is 0.417. The second kappa shape index (κ2) is 5.78. The molecule has 1 fully saturated rings. The third kappa shape index (κ3) is 3.39. The van der Waals surface area contributed by atoms with Crippen LogP contribution in [0.5, 0.6) is 0 Å². The first-order chi connectivity index (χ1) is 8.16. The lowest BCUT2D eigenvalue weighted by Crippen LogP contribution is -2.25. The molecule has 0 aliphatic carbocycles. The Labute approximate surface area is 112 Å². The molecule has 1 aromatic rings. The summed E-state index contributed by atoms with van der Waals surface area (Å²) >= 11 is 3.35. The highest BCUT2D eigenvalue weighted by Gasteiger charge is 2.23. The average Bonchev–Trinajstić information content (AvgIpc) is 2.54. The summed E-state index contributed by atoms with van der Waals surface area (Å²) in [5.41, 5.74) is 0. The Morgan fingerprint density at radius 1 is 1.29 bits per heavy atom. The van der Waals surface area contributed by atoms with E-state index in [1.807, 2.05) is 24.3 Å². The highest BCUT2D eigenvalue weighted by atomic mass is 79.9. The number of hydrogen-bond acceptors (Lipinski definition) is 2. The number of amides is 1. The van der Waals surface area contributed by atoms with E-state index < -0.39 is 10.8 Å². The molecule has 1 amide bonds. The van der Waals surface area contributed by atoms with E-state index in [-0.39, 0.29) is 11.2 Å². The van der Waals surface area contributed by atoms with E-state index in [2.05, 4.69) is 21.2 Å². The molecule has 2 rings (SSSR count). The second-order valence-corrected chi connectivity index (χ2v) is 6.72. The molecule has 1 aliphatic rings. The molecule has 0 saturated carbocycles. The van der Waals surface area contributed by atoms with Crippen LogP contribution in [0.2, 0.25) is 0 Å². The van der Waals surface area contributed by atoms with Gasteiger partial charge in [0.2, 0.25) is 5.91 Å². The zero-order valence-corrected chi connectivity index (χ0v) is 11.7. The van der Waals surface area contributed by atoms with Gasteiger partial charge in [-0.25, -0.2) is 0 Å². The van der Waals surface area contributed by atoms with Crippen LogP contribution in [-0.4, -0.2) is 21.9 Å². The lowest BCUT2D eigenvalue weighted by Gasteiger charge is -2.12. The second-order valence-electron chi connectivity index (χ2n) is 4.07. The molecule has 0 radical (unpaired) electrons. The largest absolute Gasteiger partial charge is 0.356 e. The first kappa shape index (κ1) is 12.8. The third-order valence-electron chi connectivity index (χ3n) is 2.79. The molecule has 3 nitrogen and oxygen atoms in total. The van der Waals surface area contributed by atoms with Crippen LogP contribution in [0.25, 0.3) is 0 Å². The van der Waals surface area contributed by atoms with Crippen LogP contribution in [0, 0.1) is 0 Å². The van der Waals surface area contributed by atoms with Crippen LogP contribution >= 0.6 is 15.9 Å². The Kier molecular flexibility index (Phi) is 4.34. The van der Waals surface area contributed by atoms with Crippen molar-refractivity contribution in [2.75, 3.05) is 6.54 Å². The molecule has 2 atom stereocenters. The molecule has 17 heavy (non-hydrogen) atoms. The van der Waals surface area contributed by atoms with Gasteiger partial charge in [-0.2, -0.15) is 0 Å². The van der Waals surface area contributed by atoms with E-state index in [0.717, 1.165) is 22.2 Å². The smallest absolute Gasteiger partial charge is 0.221 e. The van der Waals surface area contributed by atoms with E-state index in [1.165, 1.54) is 0 Å². The Morgan fingerprint density at radius 2 is 2.00 bits per heavy atom. The summed E-state index contributed by atoms with van der Waals surface area (Å²) in [6, 6.07) is 7.46. The minimum atomic E-state index is -1.09. The summed E-state index contributed by atoms with van der Waals surface area (Å²) in [5.74, 6) is 0.0120. The van der Waals surface area contributed by atoms with Crippen LogP contribution in [0.15, 0.2) is 33.6 Å². The minimum Gasteiger partial charge on any atom is -0.356 e. The third-order valence-corrected chi connectivity index (χ3v) is 5.06. The van der Waals surface area contributed by atoms with Gasteiger partial charge in [-0.1, -0.05) is 15.9 Å². The average molecular weight is 316 g/mol. The van der Waals surface area contributed by atoms with Crippen molar-refractivity contribution in [1.29, 1.82) is 0 Å². The number of nitrogens with one attached hydrogen (secondary N) is 1. The van der Waals surface area contributed by atoms with Crippen molar-refractivity contribution in [3.63, 3.8) is 0 Å². The Bertz CT molecular complexity index is 433. The van der Waals surface area contributed by atoms with Crippen molar-refractivity contribution in [3.05, 3.63) is 28.7 Å². The van der Waals surface area contributed by atoms with Crippen LogP contribution in [0.1, 0.15) is 19.3 Å². The molecule has 1 saturated heterocycles. The predicted molar refractivity (Wildman–Crippen MR) is 71.2 cm³/mol. The molecule has 0 spiro atoms. The van der Waals surface area contributed by atoms with Gasteiger partial charge in [-0.15, -0.1) is 0 Å². The van der Waals surface area contributed by atoms with E-state index in [9.17, 15) is 9.00 Å². The number of rotatable bonds is 2. The molecular weight excluding hydrogens is 302 g/mol. The molecule has 1 N–H and O–H groups in total. The number of carbonyl (C=O) groups is 1. The van der Waals surface area contributed by atoms with E-state index >= 15 is 0 Å². The summed E-state index contributed by atoms with van der Waals surface area (Å²) in [4.78, 5) is 12.2. The minimum absolute atomic E-state index is 0.0120. The molecule has 92 valence electrons. The SMILES string of the molecule is O=C1CC(S(=O)c2ccc(Br)cc2)CCCN1. The maximum atomic E-state index is 12.3. The molecule has 5 heteroatoms. The molecule has 0 aromatic heterocycles. The summed E-state index contributed by atoms with van der Waals surface area (Å²) in [6.07, 6.45) is 2.10. The number of carbonyl (C=O) groups excluding carboxylic acids is 1. The van der Waals surface area contributed by atoms with Gasteiger partial charge in [-0.05, 0) is 37.1 Å². The molecule has 1 aromatic carbocycles. The Morgan fingerprint density at radius 3 is 2.71 bits per heavy atom. The van der Waals surface area contributed by atoms with Crippen molar-refractivity contribution in [3.8, 4) is 0 Å². The lowest BCUT2D eigenvalue weighted by atomic mass is 10.2. The van der Waals surface area contributed by atoms with Crippen LogP contribution in [0.3, 0.4) is 0 Å². The predicted octanol–water partition coefficient (Wildman–Crippen LogP) is 2.23. The molecule has 1 heterocycles. The van der Waals surface area contributed by atoms with E-state index in [0.29, 0.717) is 13.0 Å². The van der Waals surface area contributed by atoms with Crippen molar-refractivity contribution in [2.45, 2.75) is 29.4 Å². The van der Waals surface area contributed by atoms with Crippen molar-refractivity contribution in [2.24, 2.45) is 0 Å². The first-order valence-corrected chi connectivity index (χ1v) is 7.60. The number of hydrogen-bond donors (Lipinski definition) is 1. The van der Waals surface area contributed by atoms with Crippen LogP contribution < -0.4 is 5.32 Å². The van der Waals surface area contributed by atoms with Crippen LogP contribution in [-0.2, 0) is 15.6 Å². The zero-order valence-electron chi connectivity index (χ0n) is 9.32. The highest BCUT2D eigenvalue weighted by molar-refractivity contribution is 9.10.